The highest BCUT2D eigenvalue weighted by Gasteiger charge is 2.31. The van der Waals surface area contributed by atoms with Crippen molar-refractivity contribution in [1.82, 2.24) is 4.90 Å². The second kappa shape index (κ2) is 5.90. The predicted octanol–water partition coefficient (Wildman–Crippen LogP) is 3.91. The van der Waals surface area contributed by atoms with Crippen LogP contribution in [0.1, 0.15) is 40.2 Å². The van der Waals surface area contributed by atoms with Gasteiger partial charge >= 0.3 is 0 Å². The highest BCUT2D eigenvalue weighted by atomic mass is 32.1. The summed E-state index contributed by atoms with van der Waals surface area (Å²) >= 11 is 1.80. The second-order valence-electron chi connectivity index (χ2n) is 5.17. The molecule has 1 aromatic heterocycles. The molecule has 0 aliphatic carbocycles. The fourth-order valence-electron chi connectivity index (χ4n) is 3.06. The van der Waals surface area contributed by atoms with Crippen LogP contribution in [0.25, 0.3) is 0 Å². The molecule has 21 heavy (non-hydrogen) atoms. The Morgan fingerprint density at radius 1 is 1.38 bits per heavy atom. The Morgan fingerprint density at radius 3 is 2.95 bits per heavy atom. The average Bonchev–Trinajstić information content (AvgIpc) is 3.01. The number of hydrogen-bond acceptors (Lipinski definition) is 3. The van der Waals surface area contributed by atoms with Crippen LogP contribution in [0.15, 0.2) is 35.7 Å². The van der Waals surface area contributed by atoms with Crippen LogP contribution in [0.3, 0.4) is 0 Å². The minimum atomic E-state index is 0.0659. The van der Waals surface area contributed by atoms with E-state index < -0.39 is 0 Å². The fraction of sp³-hybridized carbons (Fsp3) is 0.353. The molecule has 1 aromatic carbocycles. The summed E-state index contributed by atoms with van der Waals surface area (Å²) in [5.41, 5.74) is 1.97. The van der Waals surface area contributed by atoms with Gasteiger partial charge in [0.05, 0.1) is 18.7 Å². The van der Waals surface area contributed by atoms with E-state index in [0.717, 1.165) is 19.4 Å². The van der Waals surface area contributed by atoms with Gasteiger partial charge in [-0.3, -0.25) is 4.79 Å². The number of thiophene rings is 1. The lowest BCUT2D eigenvalue weighted by atomic mass is 9.96. The molecule has 2 heterocycles. The van der Waals surface area contributed by atoms with E-state index >= 15 is 0 Å². The van der Waals surface area contributed by atoms with E-state index in [2.05, 4.69) is 18.4 Å². The van der Waals surface area contributed by atoms with Crippen LogP contribution in [-0.2, 0) is 6.42 Å². The molecule has 0 radical (unpaired) electrons. The molecule has 3 nitrogen and oxygen atoms in total. The van der Waals surface area contributed by atoms with E-state index in [-0.39, 0.29) is 11.9 Å². The molecule has 1 aliphatic heterocycles. The Kier molecular flexibility index (Phi) is 3.97. The highest BCUT2D eigenvalue weighted by molar-refractivity contribution is 7.10. The number of benzene rings is 1. The Bertz CT molecular complexity index is 650. The smallest absolute Gasteiger partial charge is 0.258 e. The van der Waals surface area contributed by atoms with Crippen LogP contribution in [0.4, 0.5) is 0 Å². The van der Waals surface area contributed by atoms with E-state index in [0.29, 0.717) is 11.3 Å². The summed E-state index contributed by atoms with van der Waals surface area (Å²) in [6.07, 6.45) is 1.88. The maximum Gasteiger partial charge on any atom is 0.258 e. The van der Waals surface area contributed by atoms with Gasteiger partial charge in [0.15, 0.2) is 0 Å². The van der Waals surface area contributed by atoms with Crippen LogP contribution >= 0.6 is 11.3 Å². The van der Waals surface area contributed by atoms with Crippen LogP contribution in [0.2, 0.25) is 0 Å². The average molecular weight is 301 g/mol. The molecule has 1 aliphatic rings. The van der Waals surface area contributed by atoms with E-state index in [1.54, 1.807) is 18.4 Å². The number of fused-ring (bicyclic) bond motifs is 1. The third kappa shape index (κ3) is 2.44. The molecule has 1 atom stereocenters. The largest absolute Gasteiger partial charge is 0.496 e. The Hall–Kier alpha value is -1.81. The first kappa shape index (κ1) is 14.1. The number of ether oxygens (including phenoxy) is 1. The molecule has 2 aromatic rings. The van der Waals surface area contributed by atoms with E-state index in [1.807, 2.05) is 29.2 Å². The van der Waals surface area contributed by atoms with E-state index in [1.165, 1.54) is 10.4 Å². The Morgan fingerprint density at radius 2 is 2.19 bits per heavy atom. The monoisotopic (exact) mass is 301 g/mol. The van der Waals surface area contributed by atoms with Crippen molar-refractivity contribution in [3.05, 3.63) is 51.7 Å². The van der Waals surface area contributed by atoms with Gasteiger partial charge < -0.3 is 9.64 Å². The maximum atomic E-state index is 12.9. The minimum absolute atomic E-state index is 0.0659. The van der Waals surface area contributed by atoms with Gasteiger partial charge in [-0.25, -0.2) is 0 Å². The number of para-hydroxylation sites is 1. The first-order chi connectivity index (χ1) is 10.3. The van der Waals surface area contributed by atoms with Crippen LogP contribution in [0, 0.1) is 0 Å². The zero-order chi connectivity index (χ0) is 14.8. The summed E-state index contributed by atoms with van der Waals surface area (Å²) in [6.45, 7) is 2.92. The maximum absolute atomic E-state index is 12.9. The molecule has 4 heteroatoms. The van der Waals surface area contributed by atoms with Crippen LogP contribution in [-0.4, -0.2) is 24.5 Å². The Labute approximate surface area is 129 Å². The number of methoxy groups -OCH3 is 1. The van der Waals surface area contributed by atoms with Gasteiger partial charge in [0.1, 0.15) is 5.75 Å². The van der Waals surface area contributed by atoms with Gasteiger partial charge in [0.25, 0.3) is 5.91 Å². The summed E-state index contributed by atoms with van der Waals surface area (Å²) in [5.74, 6) is 0.713. The van der Waals surface area contributed by atoms with Crippen molar-refractivity contribution in [1.29, 1.82) is 0 Å². The SMILES string of the molecule is CCC1c2ccsc2CCN1C(=O)c1ccccc1OC. The standard InChI is InChI=1S/C17H19NO2S/c1-3-14-12-9-11-21-16(12)8-10-18(14)17(19)13-6-4-5-7-15(13)20-2/h4-7,9,11,14H,3,8,10H2,1-2H3. The zero-order valence-electron chi connectivity index (χ0n) is 12.3. The summed E-state index contributed by atoms with van der Waals surface area (Å²) in [7, 11) is 1.61. The highest BCUT2D eigenvalue weighted by Crippen LogP contribution is 2.36. The third-order valence-corrected chi connectivity index (χ3v) is 5.08. The summed E-state index contributed by atoms with van der Waals surface area (Å²) in [6, 6.07) is 9.80. The van der Waals surface area contributed by atoms with Gasteiger partial charge in [-0.2, -0.15) is 0 Å². The van der Waals surface area contributed by atoms with Crippen LogP contribution < -0.4 is 4.74 Å². The molecule has 1 amide bonds. The number of amides is 1. The molecular weight excluding hydrogens is 282 g/mol. The minimum Gasteiger partial charge on any atom is -0.496 e. The van der Waals surface area contributed by atoms with E-state index in [9.17, 15) is 4.79 Å². The summed E-state index contributed by atoms with van der Waals surface area (Å²) < 4.78 is 5.34. The molecule has 110 valence electrons. The molecular formula is C17H19NO2S. The van der Waals surface area contributed by atoms with Crippen molar-refractivity contribution in [3.8, 4) is 5.75 Å². The normalized spacial score (nSPS) is 17.4. The van der Waals surface area contributed by atoms with Gasteiger partial charge in [-0.15, -0.1) is 11.3 Å². The fourth-order valence-corrected chi connectivity index (χ4v) is 3.98. The van der Waals surface area contributed by atoms with Gasteiger partial charge in [-0.1, -0.05) is 19.1 Å². The van der Waals surface area contributed by atoms with Crippen molar-refractivity contribution in [2.75, 3.05) is 13.7 Å². The van der Waals surface area contributed by atoms with E-state index in [4.69, 9.17) is 4.74 Å². The third-order valence-electron chi connectivity index (χ3n) is 4.08. The lowest BCUT2D eigenvalue weighted by Gasteiger charge is -2.35. The van der Waals surface area contributed by atoms with Crippen molar-refractivity contribution in [2.24, 2.45) is 0 Å². The van der Waals surface area contributed by atoms with Gasteiger partial charge in [-0.05, 0) is 42.0 Å². The molecule has 0 fully saturated rings. The number of rotatable bonds is 3. The number of carbonyl (C=O) groups is 1. The molecule has 0 saturated heterocycles. The molecule has 0 bridgehead atoms. The topological polar surface area (TPSA) is 29.5 Å². The number of nitrogens with zero attached hydrogens (tertiary/aromatic N) is 1. The summed E-state index contributed by atoms with van der Waals surface area (Å²) in [4.78, 5) is 16.3. The van der Waals surface area contributed by atoms with Crippen molar-refractivity contribution >= 4 is 17.2 Å². The van der Waals surface area contributed by atoms with Gasteiger partial charge in [0.2, 0.25) is 0 Å². The van der Waals surface area contributed by atoms with Crippen LogP contribution in [0.5, 0.6) is 5.75 Å². The summed E-state index contributed by atoms with van der Waals surface area (Å²) in [5, 5.41) is 2.13. The lowest BCUT2D eigenvalue weighted by molar-refractivity contribution is 0.0654. The Balaban J connectivity index is 1.95. The first-order valence-corrected chi connectivity index (χ1v) is 8.14. The molecule has 3 rings (SSSR count). The zero-order valence-corrected chi connectivity index (χ0v) is 13.2. The molecule has 0 spiro atoms. The molecule has 1 unspecified atom stereocenters. The number of carbonyl (C=O) groups excluding carboxylic acids is 1. The van der Waals surface area contributed by atoms with Crippen molar-refractivity contribution < 1.29 is 9.53 Å². The lowest BCUT2D eigenvalue weighted by Crippen LogP contribution is -2.39. The van der Waals surface area contributed by atoms with Crippen molar-refractivity contribution in [3.63, 3.8) is 0 Å². The number of hydrogen-bond donors (Lipinski definition) is 0. The van der Waals surface area contributed by atoms with Crippen molar-refractivity contribution in [2.45, 2.75) is 25.8 Å². The quantitative estimate of drug-likeness (QED) is 0.860. The first-order valence-electron chi connectivity index (χ1n) is 7.26. The molecule has 0 saturated carbocycles. The molecule has 0 N–H and O–H groups in total. The second-order valence-corrected chi connectivity index (χ2v) is 6.17. The van der Waals surface area contributed by atoms with Gasteiger partial charge in [0, 0.05) is 11.4 Å². The predicted molar refractivity (Wildman–Crippen MR) is 85.1 cm³/mol.